The van der Waals surface area contributed by atoms with Crippen molar-refractivity contribution in [3.63, 3.8) is 0 Å². The molecule has 18 heteroatoms. The summed E-state index contributed by atoms with van der Waals surface area (Å²) in [5, 5.41) is 2.61. The number of piperidine rings is 3. The monoisotopic (exact) mass is 849 g/mol. The van der Waals surface area contributed by atoms with Gasteiger partial charge in [0, 0.05) is 76.6 Å². The summed E-state index contributed by atoms with van der Waals surface area (Å²) in [6, 6.07) is 9.25. The number of hydrogen-bond acceptors (Lipinski definition) is 9. The molecule has 4 N–H and O–H groups in total. The van der Waals surface area contributed by atoms with E-state index in [1.807, 2.05) is 24.3 Å². The molecule has 3 fully saturated rings. The van der Waals surface area contributed by atoms with Crippen molar-refractivity contribution < 1.29 is 56.3 Å². The molecule has 2 aromatic carbocycles. The molecule has 3 saturated heterocycles. The molecule has 4 amide bonds. The van der Waals surface area contributed by atoms with Gasteiger partial charge in [-0.05, 0) is 62.4 Å². The highest BCUT2D eigenvalue weighted by Crippen LogP contribution is 2.38. The van der Waals surface area contributed by atoms with Crippen molar-refractivity contribution in [2.75, 3.05) is 70.1 Å². The van der Waals surface area contributed by atoms with E-state index in [9.17, 15) is 37.1 Å². The number of esters is 2. The molecule has 4 heterocycles. The molecule has 0 unspecified atom stereocenters. The van der Waals surface area contributed by atoms with Gasteiger partial charge in [-0.2, -0.15) is 13.2 Å². The van der Waals surface area contributed by atoms with E-state index < -0.39 is 53.5 Å². The van der Waals surface area contributed by atoms with E-state index in [4.69, 9.17) is 31.5 Å². The van der Waals surface area contributed by atoms with Gasteiger partial charge in [0.1, 0.15) is 0 Å². The number of urea groups is 1. The fourth-order valence-corrected chi connectivity index (χ4v) is 9.18. The highest BCUT2D eigenvalue weighted by Gasteiger charge is 2.53. The molecule has 2 aromatic rings. The third-order valence-electron chi connectivity index (χ3n) is 12.2. The third kappa shape index (κ3) is 9.83. The Balaban J connectivity index is 1.16. The van der Waals surface area contributed by atoms with Crippen LogP contribution in [0.5, 0.6) is 0 Å². The van der Waals surface area contributed by atoms with Crippen LogP contribution in [0.25, 0.3) is 0 Å². The standard InChI is InChI=1S/C41H52ClF3N6O8/c1-3-57-36(53)28-9-18-50(19-10-28)40(37(54)58-4-2)14-21-48(22-15-40)35(52)33(25-26-23-30(41(43,44)45)34(46)31(42)24-26)59-39(56)49-16-12-29(13-17-49)51-20-11-27-7-5-6-8-32(27)47-38(51)55/h5-8,23-24,28-29,33H,3-4,9-22,25,46H2,1-2H3,(H,47,55)/p+1/t33-/m1/s1. The molecule has 1 atom stereocenters. The number of nitrogen functional groups attached to an aromatic ring is 1. The zero-order valence-electron chi connectivity index (χ0n) is 33.4. The molecule has 6 rings (SSSR count). The number of fused-ring (bicyclic) bond motifs is 1. The van der Waals surface area contributed by atoms with E-state index in [1.165, 1.54) is 15.9 Å². The lowest BCUT2D eigenvalue weighted by Crippen LogP contribution is -3.22. The number of ether oxygens (including phenoxy) is 3. The number of halogens is 4. The van der Waals surface area contributed by atoms with Crippen molar-refractivity contribution in [3.8, 4) is 0 Å². The molecular formula is C41H53ClF3N6O8+. The predicted octanol–water partition coefficient (Wildman–Crippen LogP) is 4.33. The Bertz CT molecular complexity index is 1880. The minimum Gasteiger partial charge on any atom is -0.466 e. The summed E-state index contributed by atoms with van der Waals surface area (Å²) >= 11 is 6.15. The van der Waals surface area contributed by atoms with Gasteiger partial charge in [-0.1, -0.05) is 29.8 Å². The number of hydrogen-bond donors (Lipinski definition) is 3. The maximum Gasteiger partial charge on any atom is 0.418 e. The topological polar surface area (TPSA) is 165 Å². The predicted molar refractivity (Wildman–Crippen MR) is 211 cm³/mol. The Morgan fingerprint density at radius 1 is 0.949 bits per heavy atom. The molecule has 4 aliphatic heterocycles. The first-order valence-electron chi connectivity index (χ1n) is 20.4. The number of amides is 4. The molecular weight excluding hydrogens is 797 g/mol. The molecule has 0 spiro atoms. The van der Waals surface area contributed by atoms with Crippen LogP contribution in [0.2, 0.25) is 5.02 Å². The lowest BCUT2D eigenvalue weighted by Gasteiger charge is -2.46. The van der Waals surface area contributed by atoms with Gasteiger partial charge in [-0.25, -0.2) is 14.4 Å². The number of alkyl halides is 3. The number of carbonyl (C=O) groups excluding carboxylic acids is 5. The highest BCUT2D eigenvalue weighted by molar-refractivity contribution is 6.33. The number of nitrogens with zero attached hydrogens (tertiary/aromatic N) is 3. The lowest BCUT2D eigenvalue weighted by atomic mass is 9.82. The molecule has 0 aliphatic carbocycles. The second kappa shape index (κ2) is 18.7. The van der Waals surface area contributed by atoms with Crippen LogP contribution in [0, 0.1) is 5.92 Å². The molecule has 0 aromatic heterocycles. The lowest BCUT2D eigenvalue weighted by molar-refractivity contribution is -0.949. The molecule has 14 nitrogen and oxygen atoms in total. The second-order valence-electron chi connectivity index (χ2n) is 15.6. The highest BCUT2D eigenvalue weighted by atomic mass is 35.5. The Kier molecular flexibility index (Phi) is 13.8. The molecule has 0 saturated carbocycles. The fourth-order valence-electron chi connectivity index (χ4n) is 8.94. The number of nitrogens with two attached hydrogens (primary N) is 1. The van der Waals surface area contributed by atoms with E-state index >= 15 is 0 Å². The van der Waals surface area contributed by atoms with E-state index in [0.717, 1.165) is 22.2 Å². The number of quaternary nitrogens is 1. The largest absolute Gasteiger partial charge is 0.466 e. The van der Waals surface area contributed by atoms with Gasteiger partial charge in [0.05, 0.1) is 48.5 Å². The summed E-state index contributed by atoms with van der Waals surface area (Å²) in [5.41, 5.74) is 4.63. The van der Waals surface area contributed by atoms with E-state index in [1.54, 1.807) is 18.7 Å². The van der Waals surface area contributed by atoms with Gasteiger partial charge in [-0.3, -0.25) is 9.59 Å². The van der Waals surface area contributed by atoms with Gasteiger partial charge in [0.2, 0.25) is 0 Å². The molecule has 0 radical (unpaired) electrons. The minimum atomic E-state index is -4.84. The Hall–Kier alpha value is -4.77. The average molecular weight is 850 g/mol. The van der Waals surface area contributed by atoms with Crippen LogP contribution in [0.15, 0.2) is 36.4 Å². The number of rotatable bonds is 10. The summed E-state index contributed by atoms with van der Waals surface area (Å²) in [6.07, 6.45) is -4.59. The van der Waals surface area contributed by atoms with Crippen LogP contribution >= 0.6 is 11.6 Å². The molecule has 0 bridgehead atoms. The van der Waals surface area contributed by atoms with Gasteiger partial charge in [0.15, 0.2) is 11.6 Å². The first-order chi connectivity index (χ1) is 28.1. The SMILES string of the molecule is CCOC(=O)C1CC[NH+](C2(C(=O)OCC)CCN(C(=O)[C@@H](Cc3cc(Cl)c(N)c(C(F)(F)F)c3)OC(=O)N3CCC(N4CCc5ccccc5NC4=O)CC3)CC2)CC1. The van der Waals surface area contributed by atoms with Crippen LogP contribution < -0.4 is 16.0 Å². The van der Waals surface area contributed by atoms with Crippen LogP contribution in [-0.2, 0) is 47.6 Å². The van der Waals surface area contributed by atoms with Gasteiger partial charge in [0.25, 0.3) is 5.91 Å². The quantitative estimate of drug-likeness (QED) is 0.180. The second-order valence-corrected chi connectivity index (χ2v) is 16.0. The van der Waals surface area contributed by atoms with Crippen LogP contribution in [0.3, 0.4) is 0 Å². The van der Waals surface area contributed by atoms with Crippen LogP contribution in [0.1, 0.15) is 69.1 Å². The van der Waals surface area contributed by atoms with Crippen molar-refractivity contribution in [2.45, 2.75) is 89.1 Å². The summed E-state index contributed by atoms with van der Waals surface area (Å²) in [7, 11) is 0. The molecule has 4 aliphatic rings. The number of carbonyl (C=O) groups is 5. The van der Waals surface area contributed by atoms with Crippen molar-refractivity contribution in [2.24, 2.45) is 5.92 Å². The van der Waals surface area contributed by atoms with Crippen molar-refractivity contribution in [1.82, 2.24) is 14.7 Å². The van der Waals surface area contributed by atoms with E-state index in [0.29, 0.717) is 51.7 Å². The Morgan fingerprint density at radius 2 is 1.61 bits per heavy atom. The Labute approximate surface area is 346 Å². The van der Waals surface area contributed by atoms with Crippen LogP contribution in [-0.4, -0.2) is 121 Å². The number of anilines is 2. The third-order valence-corrected chi connectivity index (χ3v) is 12.5. The van der Waals surface area contributed by atoms with Crippen molar-refractivity contribution >= 4 is 52.9 Å². The first-order valence-corrected chi connectivity index (χ1v) is 20.8. The zero-order chi connectivity index (χ0) is 42.5. The average Bonchev–Trinajstić information content (AvgIpc) is 3.39. The molecule has 59 heavy (non-hydrogen) atoms. The maximum absolute atomic E-state index is 14.4. The van der Waals surface area contributed by atoms with Crippen molar-refractivity contribution in [3.05, 3.63) is 58.1 Å². The Morgan fingerprint density at radius 3 is 2.25 bits per heavy atom. The molecule has 322 valence electrons. The summed E-state index contributed by atoms with van der Waals surface area (Å²) in [6.45, 7) is 6.03. The number of benzene rings is 2. The van der Waals surface area contributed by atoms with Crippen molar-refractivity contribution in [1.29, 1.82) is 0 Å². The van der Waals surface area contributed by atoms with Gasteiger partial charge < -0.3 is 44.9 Å². The summed E-state index contributed by atoms with van der Waals surface area (Å²) < 4.78 is 58.6. The number of nitrogens with one attached hydrogen (secondary N) is 2. The van der Waals surface area contributed by atoms with Gasteiger partial charge >= 0.3 is 30.2 Å². The van der Waals surface area contributed by atoms with E-state index in [2.05, 4.69) is 5.32 Å². The zero-order valence-corrected chi connectivity index (χ0v) is 34.2. The fraction of sp³-hybridized carbons (Fsp3) is 0.585. The summed E-state index contributed by atoms with van der Waals surface area (Å²) in [5.74, 6) is -1.57. The van der Waals surface area contributed by atoms with E-state index in [-0.39, 0.29) is 86.8 Å². The summed E-state index contributed by atoms with van der Waals surface area (Å²) in [4.78, 5) is 73.0. The first kappa shape index (κ1) is 43.8. The maximum atomic E-state index is 14.4. The number of para-hydroxylation sites is 1. The number of likely N-dealkylation sites (tertiary alicyclic amines) is 3. The minimum absolute atomic E-state index is 0.0126. The smallest absolute Gasteiger partial charge is 0.418 e. The normalized spacial score (nSPS) is 21.7. The van der Waals surface area contributed by atoms with Crippen LogP contribution in [0.4, 0.5) is 34.1 Å². The van der Waals surface area contributed by atoms with Gasteiger partial charge in [-0.15, -0.1) is 0 Å².